The smallest absolute Gasteiger partial charge is 0.164 e. The first-order valence-electron chi connectivity index (χ1n) is 31.6. The molecule has 1 aromatic heterocycles. The Balaban J connectivity index is 0.949. The van der Waals surface area contributed by atoms with Crippen molar-refractivity contribution in [1.29, 1.82) is 0 Å². The van der Waals surface area contributed by atoms with Gasteiger partial charge in [-0.05, 0) is 189 Å². The van der Waals surface area contributed by atoms with Crippen molar-refractivity contribution in [2.24, 2.45) is 17.8 Å². The van der Waals surface area contributed by atoms with Crippen molar-refractivity contribution in [1.82, 2.24) is 15.2 Å². The second-order valence-corrected chi connectivity index (χ2v) is 25.4. The average molecular weight is 1150 g/mol. The number of aromatic hydroxyl groups is 3. The van der Waals surface area contributed by atoms with Gasteiger partial charge in [0.05, 0.1) is 44.4 Å². The van der Waals surface area contributed by atoms with Crippen molar-refractivity contribution in [2.45, 2.75) is 165 Å². The van der Waals surface area contributed by atoms with Crippen LogP contribution in [0.15, 0.2) is 115 Å². The summed E-state index contributed by atoms with van der Waals surface area (Å²) in [6.45, 7) is 1.56. The monoisotopic (exact) mass is 1150 g/mol. The minimum absolute atomic E-state index is 0.0141. The van der Waals surface area contributed by atoms with Gasteiger partial charge in [-0.2, -0.15) is 0 Å². The highest BCUT2D eigenvalue weighted by Crippen LogP contribution is 2.60. The summed E-state index contributed by atoms with van der Waals surface area (Å²) in [5, 5.41) is 75.4. The highest BCUT2D eigenvalue weighted by molar-refractivity contribution is 5.89. The number of aliphatic hydroxyl groups is 3. The normalized spacial score (nSPS) is 25.4. The molecule has 1 saturated heterocycles. The Labute approximate surface area is 499 Å². The zero-order chi connectivity index (χ0) is 58.1. The molecule has 13 heteroatoms. The summed E-state index contributed by atoms with van der Waals surface area (Å²) in [6, 6.07) is 28.7. The summed E-state index contributed by atoms with van der Waals surface area (Å²) in [7, 11) is 0. The largest absolute Gasteiger partial charge is 0.508 e. The zero-order valence-electron chi connectivity index (χ0n) is 48.9. The fraction of sp³-hybridized carbons (Fsp3) is 0.472. The van der Waals surface area contributed by atoms with Gasteiger partial charge >= 0.3 is 0 Å². The van der Waals surface area contributed by atoms with Crippen LogP contribution in [-0.4, -0.2) is 92.3 Å². The Morgan fingerprint density at radius 2 is 1.69 bits per heavy atom. The van der Waals surface area contributed by atoms with E-state index in [-0.39, 0.29) is 85.3 Å². The number of aliphatic hydroxyl groups excluding tert-OH is 3. The van der Waals surface area contributed by atoms with Crippen LogP contribution in [0.5, 0.6) is 23.0 Å². The molecule has 3 aliphatic carbocycles. The first-order valence-corrected chi connectivity index (χ1v) is 31.6. The minimum Gasteiger partial charge on any atom is -0.508 e. The number of ether oxygens (including phenoxy) is 4. The molecule has 8 aliphatic rings. The van der Waals surface area contributed by atoms with Gasteiger partial charge in [0, 0.05) is 76.8 Å². The Bertz CT molecular complexity index is 3540. The predicted molar refractivity (Wildman–Crippen MR) is 328 cm³/mol. The van der Waals surface area contributed by atoms with Crippen LogP contribution in [0.3, 0.4) is 0 Å². The first-order chi connectivity index (χ1) is 41.6. The van der Waals surface area contributed by atoms with Crippen molar-refractivity contribution in [3.05, 3.63) is 170 Å². The predicted octanol–water partition coefficient (Wildman–Crippen LogP) is 11.1. The zero-order valence-corrected chi connectivity index (χ0v) is 48.9. The summed E-state index contributed by atoms with van der Waals surface area (Å²) in [4.78, 5) is 0. The van der Waals surface area contributed by atoms with Gasteiger partial charge in [0.15, 0.2) is 11.5 Å². The number of phenols is 3. The van der Waals surface area contributed by atoms with E-state index < -0.39 is 12.3 Å². The molecule has 8 N–H and O–H groups in total. The van der Waals surface area contributed by atoms with Crippen molar-refractivity contribution in [2.75, 3.05) is 33.2 Å². The van der Waals surface area contributed by atoms with Crippen LogP contribution in [-0.2, 0) is 64.9 Å². The van der Waals surface area contributed by atoms with Crippen LogP contribution in [0.4, 0.5) is 0 Å². The van der Waals surface area contributed by atoms with Gasteiger partial charge in [-0.15, -0.1) is 0 Å². The van der Waals surface area contributed by atoms with Gasteiger partial charge in [-0.3, -0.25) is 5.32 Å². The van der Waals surface area contributed by atoms with Gasteiger partial charge in [0.25, 0.3) is 0 Å². The van der Waals surface area contributed by atoms with E-state index in [1.165, 1.54) is 36.0 Å². The molecule has 1 spiro atoms. The van der Waals surface area contributed by atoms with E-state index >= 15 is 0 Å². The lowest BCUT2D eigenvalue weighted by molar-refractivity contribution is -0.166. The lowest BCUT2D eigenvalue weighted by atomic mass is 9.51. The van der Waals surface area contributed by atoms with Crippen LogP contribution < -0.4 is 15.4 Å². The van der Waals surface area contributed by atoms with E-state index in [0.717, 1.165) is 125 Å². The summed E-state index contributed by atoms with van der Waals surface area (Å²) >= 11 is 0. The van der Waals surface area contributed by atoms with E-state index in [4.69, 9.17) is 18.9 Å². The molecule has 0 radical (unpaired) electrons. The summed E-state index contributed by atoms with van der Waals surface area (Å²) in [5.74, 6) is 9.42. The van der Waals surface area contributed by atoms with E-state index in [2.05, 4.69) is 88.0 Å². The van der Waals surface area contributed by atoms with E-state index in [1.54, 1.807) is 24.3 Å². The third kappa shape index (κ3) is 11.6. The minimum atomic E-state index is -0.691. The maximum atomic E-state index is 12.4. The van der Waals surface area contributed by atoms with Gasteiger partial charge in [0.1, 0.15) is 30.1 Å². The van der Waals surface area contributed by atoms with Gasteiger partial charge in [-0.25, -0.2) is 0 Å². The summed E-state index contributed by atoms with van der Waals surface area (Å²) in [5.41, 5.74) is 11.6. The number of aromatic nitrogens is 1. The molecule has 8 bridgehead atoms. The van der Waals surface area contributed by atoms with Crippen LogP contribution in [0.25, 0.3) is 16.6 Å². The van der Waals surface area contributed by atoms with Gasteiger partial charge < -0.3 is 59.5 Å². The second kappa shape index (κ2) is 25.0. The Hall–Kier alpha value is -6.60. The molecule has 7 atom stereocenters. The summed E-state index contributed by atoms with van der Waals surface area (Å²) < 4.78 is 29.5. The third-order valence-corrected chi connectivity index (χ3v) is 20.3. The quantitative estimate of drug-likeness (QED) is 0.0311. The number of hydrogen-bond acceptors (Lipinski definition) is 12. The molecule has 1 saturated carbocycles. The van der Waals surface area contributed by atoms with Crippen LogP contribution in [0, 0.1) is 29.6 Å². The van der Waals surface area contributed by atoms with E-state index in [0.29, 0.717) is 63.1 Å². The average Bonchev–Trinajstić information content (AvgIpc) is 1.34. The maximum absolute atomic E-state index is 12.4. The Morgan fingerprint density at radius 3 is 2.56 bits per heavy atom. The van der Waals surface area contributed by atoms with Crippen LogP contribution >= 0.6 is 0 Å². The Morgan fingerprint density at radius 1 is 0.800 bits per heavy atom. The SMILES string of the molecule is OCCCOCNC1C=C2C#C[C@@H](CCc3ccc(O)c(Cc4cccc(O)c4)c3)CCC[C@H]3C[C@H](O)[C@@H]4CCc5c(c(CO)cc(O)c5OCc5cc([C@]67CCOC8(CCCCC8)[C@@H]6CCc6ccccc67)cc6cn(cc56)C(=C2CO3)N1)C4. The standard InChI is InChI=1S/C72H83N3O10/c76-28-8-29-82-45-73-68-38-50-19-17-46(15-16-47-18-23-64(79)52(31-47)32-48-10-6-12-57(78)33-48)9-7-13-58-39-65(80)51-20-22-59-60(36-51)54(42-77)37-66(81)69(59)84-43-55-35-56(34-53-40-75(41-61(53)55)70(74-68)62(50)44-83-58)72-27-30-85-71(25-4-1-5-26-71)67(72)24-21-49-11-2-3-14-63(49)72/h2-3,6,10-12,14,18,23,31,33-35,37-38,40-41,46,51,58,65,67-68,73-74,76-81H,1,4-5,7-9,13,15-16,20-22,24-30,32,36,39,42-45H2/t46-,51-,58+,65+,67+,68?,72+/m1/s1. The molecule has 5 aromatic carbocycles. The third-order valence-electron chi connectivity index (χ3n) is 20.3. The molecule has 1 unspecified atom stereocenters. The summed E-state index contributed by atoms with van der Waals surface area (Å²) in [6.07, 6.45) is 21.0. The number of benzene rings is 5. The highest BCUT2D eigenvalue weighted by Gasteiger charge is 2.58. The molecule has 0 amide bonds. The van der Waals surface area contributed by atoms with E-state index in [1.807, 2.05) is 18.2 Å². The molecular weight excluding hydrogens is 1070 g/mol. The molecule has 5 aliphatic heterocycles. The highest BCUT2D eigenvalue weighted by atomic mass is 16.5. The number of fused-ring (bicyclic) bond motifs is 7. The second-order valence-electron chi connectivity index (χ2n) is 25.4. The maximum Gasteiger partial charge on any atom is 0.164 e. The number of nitrogens with one attached hydrogen (secondary N) is 2. The van der Waals surface area contributed by atoms with Crippen molar-refractivity contribution >= 4 is 16.6 Å². The number of aryl methyl sites for hydroxylation is 2. The number of rotatable bonds is 13. The number of hydrogen-bond donors (Lipinski definition) is 8. The van der Waals surface area contributed by atoms with Gasteiger partial charge in [-0.1, -0.05) is 85.7 Å². The topological polar surface area (TPSA) is 187 Å². The molecule has 85 heavy (non-hydrogen) atoms. The molecule has 14 rings (SSSR count). The van der Waals surface area contributed by atoms with Crippen LogP contribution in [0.1, 0.15) is 146 Å². The lowest BCUT2D eigenvalue weighted by Gasteiger charge is -2.59. The molecular formula is C72H83N3O10. The fourth-order valence-electron chi connectivity index (χ4n) is 16.0. The molecule has 2 fully saturated rings. The molecule has 6 heterocycles. The van der Waals surface area contributed by atoms with Crippen molar-refractivity contribution in [3.8, 4) is 34.8 Å². The van der Waals surface area contributed by atoms with E-state index in [9.17, 15) is 30.6 Å². The lowest BCUT2D eigenvalue weighted by Crippen LogP contribution is -2.59. The Kier molecular flexibility index (Phi) is 16.9. The van der Waals surface area contributed by atoms with Crippen LogP contribution in [0.2, 0.25) is 0 Å². The fourth-order valence-corrected chi connectivity index (χ4v) is 16.0. The molecule has 6 aromatic rings. The molecule has 13 nitrogen and oxygen atoms in total. The van der Waals surface area contributed by atoms with Crippen molar-refractivity contribution < 1.29 is 49.6 Å². The first kappa shape index (κ1) is 57.5. The number of phenolic OH excluding ortho intramolecular Hbond substituents is 3. The molecule has 446 valence electrons. The number of dihydropyridines is 1. The van der Waals surface area contributed by atoms with Crippen molar-refractivity contribution in [3.63, 3.8) is 0 Å². The van der Waals surface area contributed by atoms with Gasteiger partial charge in [0.2, 0.25) is 0 Å². The number of nitrogens with zero attached hydrogens (tertiary/aromatic N) is 1.